The maximum atomic E-state index is 13.1. The van der Waals surface area contributed by atoms with E-state index in [1.165, 1.54) is 11.6 Å². The number of nitrogens with zero attached hydrogens (tertiary/aromatic N) is 7. The van der Waals surface area contributed by atoms with Crippen LogP contribution in [0.2, 0.25) is 0 Å². The summed E-state index contributed by atoms with van der Waals surface area (Å²) < 4.78 is 34.5. The number of anilines is 1. The lowest BCUT2D eigenvalue weighted by Gasteiger charge is -2.43. The average Bonchev–Trinajstić information content (AvgIpc) is 3.29. The van der Waals surface area contributed by atoms with Crippen LogP contribution in [0.3, 0.4) is 0 Å². The lowest BCUT2D eigenvalue weighted by molar-refractivity contribution is -0.153. The predicted octanol–water partition coefficient (Wildman–Crippen LogP) is -3.37. The quantitative estimate of drug-likeness (QED) is 0.0504. The SMILES string of the molecule is NC(N)=NCc1cn(C[C@@H]2[C@H](NC(=O)/C(=N\OC3(C(=O)O)CC3)c3csc(N)n3)C(=O)N2S(=O)(=O)O)nn1. The minimum Gasteiger partial charge on any atom is -0.478 e. The Morgan fingerprint density at radius 2 is 2.05 bits per heavy atom. The van der Waals surface area contributed by atoms with Crippen molar-refractivity contribution in [2.45, 2.75) is 43.6 Å². The molecular formula is C17H21N11O8S2. The fourth-order valence-corrected chi connectivity index (χ4v) is 4.83. The Morgan fingerprint density at radius 1 is 1.34 bits per heavy atom. The standard InChI is InChI=1S/C17H21N11O8S2/c18-15(19)21-3-7-4-27(26-24-7)5-9-11(13(30)28(9)38(33,34)35)23-12(29)10(8-6-37-16(20)22-8)25-36-17(1-2-17)14(31)32/h4,6,9,11H,1-3,5H2,(H2,20,22)(H,23,29)(H,31,32)(H4,18,19,21)(H,33,34,35)/b25-10-/t9-,11+/m1/s1. The Kier molecular flexibility index (Phi) is 6.90. The van der Waals surface area contributed by atoms with Crippen LogP contribution in [0.15, 0.2) is 21.7 Å². The molecule has 0 unspecified atom stereocenters. The number of guanidine groups is 1. The molecule has 2 aromatic heterocycles. The summed E-state index contributed by atoms with van der Waals surface area (Å²) in [5, 5.41) is 24.4. The topological polar surface area (TPSA) is 297 Å². The lowest BCUT2D eigenvalue weighted by atomic mass is 9.98. The van der Waals surface area contributed by atoms with Crippen molar-refractivity contribution in [3.8, 4) is 0 Å². The van der Waals surface area contributed by atoms with Gasteiger partial charge in [0, 0.05) is 18.2 Å². The van der Waals surface area contributed by atoms with Crippen LogP contribution in [0.4, 0.5) is 5.13 Å². The van der Waals surface area contributed by atoms with Gasteiger partial charge in [-0.05, 0) is 0 Å². The van der Waals surface area contributed by atoms with E-state index in [1.807, 2.05) is 0 Å². The van der Waals surface area contributed by atoms with Crippen molar-refractivity contribution < 1.29 is 37.3 Å². The van der Waals surface area contributed by atoms with Gasteiger partial charge in [0.1, 0.15) is 17.4 Å². The van der Waals surface area contributed by atoms with Crippen molar-refractivity contribution in [1.29, 1.82) is 0 Å². The molecule has 0 spiro atoms. The van der Waals surface area contributed by atoms with Crippen LogP contribution >= 0.6 is 11.3 Å². The molecule has 2 aliphatic rings. The van der Waals surface area contributed by atoms with E-state index < -0.39 is 51.5 Å². The number of hydrogen-bond donors (Lipinski definition) is 6. The Bertz CT molecular complexity index is 1440. The molecule has 0 aromatic carbocycles. The third kappa shape index (κ3) is 5.47. The molecule has 21 heteroatoms. The number of β-lactam (4-membered cyclic amide) rings is 1. The van der Waals surface area contributed by atoms with Crippen molar-refractivity contribution in [1.82, 2.24) is 29.6 Å². The van der Waals surface area contributed by atoms with Crippen molar-refractivity contribution in [2.75, 3.05) is 5.73 Å². The van der Waals surface area contributed by atoms with Gasteiger partial charge in [-0.3, -0.25) is 14.1 Å². The Balaban J connectivity index is 1.56. The van der Waals surface area contributed by atoms with E-state index in [0.717, 1.165) is 16.0 Å². The average molecular weight is 572 g/mol. The van der Waals surface area contributed by atoms with Crippen molar-refractivity contribution in [2.24, 2.45) is 21.6 Å². The predicted molar refractivity (Wildman–Crippen MR) is 127 cm³/mol. The number of hydrogen-bond acceptors (Lipinski definition) is 13. The van der Waals surface area contributed by atoms with Gasteiger partial charge in [0.25, 0.3) is 11.8 Å². The zero-order chi connectivity index (χ0) is 27.8. The van der Waals surface area contributed by atoms with E-state index in [-0.39, 0.29) is 47.0 Å². The summed E-state index contributed by atoms with van der Waals surface area (Å²) in [6.45, 7) is -0.345. The smallest absolute Gasteiger partial charge is 0.362 e. The molecule has 204 valence electrons. The first-order chi connectivity index (χ1) is 17.8. The second-order valence-corrected chi connectivity index (χ2v) is 10.4. The molecule has 1 aliphatic heterocycles. The molecule has 0 bridgehead atoms. The highest BCUT2D eigenvalue weighted by molar-refractivity contribution is 7.84. The fraction of sp³-hybridized carbons (Fsp3) is 0.412. The fourth-order valence-electron chi connectivity index (χ4n) is 3.41. The molecule has 3 heterocycles. The molecule has 1 aliphatic carbocycles. The van der Waals surface area contributed by atoms with Crippen LogP contribution in [0.25, 0.3) is 0 Å². The summed E-state index contributed by atoms with van der Waals surface area (Å²) in [6, 6.07) is -2.79. The van der Waals surface area contributed by atoms with Gasteiger partial charge < -0.3 is 32.5 Å². The van der Waals surface area contributed by atoms with Crippen LogP contribution in [0.1, 0.15) is 24.2 Å². The molecular weight excluding hydrogens is 550 g/mol. The third-order valence-corrected chi connectivity index (χ3v) is 7.10. The Hall–Kier alpha value is -4.37. The number of carboxylic acid groups (broad SMARTS) is 1. The first kappa shape index (κ1) is 26.7. The van der Waals surface area contributed by atoms with Crippen LogP contribution in [0.5, 0.6) is 0 Å². The highest BCUT2D eigenvalue weighted by Crippen LogP contribution is 2.40. The molecule has 4 rings (SSSR count). The number of aliphatic carboxylic acids is 1. The van der Waals surface area contributed by atoms with E-state index in [1.54, 1.807) is 0 Å². The molecule has 2 amide bonds. The number of aliphatic imine (C=N–C) groups is 1. The van der Waals surface area contributed by atoms with Gasteiger partial charge in [0.15, 0.2) is 16.8 Å². The van der Waals surface area contributed by atoms with Crippen LogP contribution < -0.4 is 22.5 Å². The van der Waals surface area contributed by atoms with Gasteiger partial charge in [-0.15, -0.1) is 16.4 Å². The number of nitrogens with one attached hydrogen (secondary N) is 1. The monoisotopic (exact) mass is 571 g/mol. The summed E-state index contributed by atoms with van der Waals surface area (Å²) in [6.07, 6.45) is 1.70. The summed E-state index contributed by atoms with van der Waals surface area (Å²) in [7, 11) is -5.00. The molecule has 2 aromatic rings. The van der Waals surface area contributed by atoms with E-state index in [4.69, 9.17) is 22.0 Å². The molecule has 2 fully saturated rings. The lowest BCUT2D eigenvalue weighted by Crippen LogP contribution is -2.73. The van der Waals surface area contributed by atoms with Gasteiger partial charge in [-0.2, -0.15) is 8.42 Å². The molecule has 1 saturated heterocycles. The van der Waals surface area contributed by atoms with Crippen LogP contribution in [0, 0.1) is 0 Å². The van der Waals surface area contributed by atoms with Gasteiger partial charge in [0.2, 0.25) is 5.60 Å². The van der Waals surface area contributed by atoms with E-state index >= 15 is 0 Å². The second kappa shape index (κ2) is 9.83. The first-order valence-corrected chi connectivity index (χ1v) is 12.9. The normalized spacial score (nSPS) is 20.4. The number of amides is 2. The number of nitrogen functional groups attached to an aromatic ring is 1. The van der Waals surface area contributed by atoms with Crippen molar-refractivity contribution in [3.05, 3.63) is 23.0 Å². The number of carboxylic acids is 1. The molecule has 9 N–H and O–H groups in total. The minimum absolute atomic E-state index is 0.0253. The Morgan fingerprint density at radius 3 is 2.61 bits per heavy atom. The minimum atomic E-state index is -5.00. The maximum Gasteiger partial charge on any atom is 0.362 e. The van der Waals surface area contributed by atoms with Gasteiger partial charge >= 0.3 is 16.3 Å². The summed E-state index contributed by atoms with van der Waals surface area (Å²) >= 11 is 0.962. The van der Waals surface area contributed by atoms with E-state index in [9.17, 15) is 32.5 Å². The van der Waals surface area contributed by atoms with Crippen molar-refractivity contribution in [3.63, 3.8) is 0 Å². The number of aromatic nitrogens is 4. The molecule has 2 atom stereocenters. The number of rotatable bonds is 11. The largest absolute Gasteiger partial charge is 0.478 e. The molecule has 19 nitrogen and oxygen atoms in total. The molecule has 0 radical (unpaired) electrons. The number of thiazole rings is 1. The zero-order valence-corrected chi connectivity index (χ0v) is 20.8. The number of nitrogens with two attached hydrogens (primary N) is 3. The first-order valence-electron chi connectivity index (χ1n) is 10.6. The molecule has 38 heavy (non-hydrogen) atoms. The summed E-state index contributed by atoms with van der Waals surface area (Å²) in [5.41, 5.74) is 14.3. The number of carbonyl (C=O) groups excluding carboxylic acids is 2. The van der Waals surface area contributed by atoms with Crippen LogP contribution in [-0.2, 0) is 42.6 Å². The summed E-state index contributed by atoms with van der Waals surface area (Å²) in [4.78, 5) is 50.0. The van der Waals surface area contributed by atoms with E-state index in [0.29, 0.717) is 5.69 Å². The molecule has 1 saturated carbocycles. The number of oxime groups is 1. The Labute approximate surface area is 217 Å². The maximum absolute atomic E-state index is 13.1. The van der Waals surface area contributed by atoms with E-state index in [2.05, 4.69) is 30.8 Å². The summed E-state index contributed by atoms with van der Waals surface area (Å²) in [5.74, 6) is -3.65. The zero-order valence-electron chi connectivity index (χ0n) is 19.2. The van der Waals surface area contributed by atoms with Gasteiger partial charge in [-0.25, -0.2) is 23.8 Å². The highest BCUT2D eigenvalue weighted by atomic mass is 32.2. The second-order valence-electron chi connectivity index (χ2n) is 8.20. The van der Waals surface area contributed by atoms with Crippen molar-refractivity contribution >= 4 is 56.2 Å². The van der Waals surface area contributed by atoms with Gasteiger partial charge in [-0.1, -0.05) is 10.4 Å². The highest BCUT2D eigenvalue weighted by Gasteiger charge is 2.56. The third-order valence-electron chi connectivity index (χ3n) is 5.47. The van der Waals surface area contributed by atoms with Gasteiger partial charge in [0.05, 0.1) is 25.3 Å². The number of carbonyl (C=O) groups is 3. The van der Waals surface area contributed by atoms with Crippen LogP contribution in [-0.4, -0.2) is 89.5 Å².